The normalized spacial score (nSPS) is 11.0. The number of nitrogens with one attached hydrogen (secondary N) is 1. The molecule has 3 nitrogen and oxygen atoms in total. The number of nitrogen functional groups attached to an aromatic ring is 1. The molecular weight excluding hydrogens is 162 g/mol. The van der Waals surface area contributed by atoms with E-state index in [2.05, 4.69) is 37.0 Å². The van der Waals surface area contributed by atoms with Crippen LogP contribution in [-0.4, -0.2) is 10.2 Å². The first-order valence-corrected chi connectivity index (χ1v) is 4.31. The summed E-state index contributed by atoms with van der Waals surface area (Å²) in [5.74, 6) is 0.597. The lowest BCUT2D eigenvalue weighted by atomic mass is 10.0. The van der Waals surface area contributed by atoms with Gasteiger partial charge >= 0.3 is 0 Å². The van der Waals surface area contributed by atoms with E-state index in [4.69, 9.17) is 5.73 Å². The molecule has 1 heterocycles. The lowest BCUT2D eigenvalue weighted by Crippen LogP contribution is -1.89. The molecule has 0 aliphatic carbocycles. The molecule has 0 aliphatic heterocycles. The molecule has 0 bridgehead atoms. The number of fused-ring (bicyclic) bond motifs is 1. The van der Waals surface area contributed by atoms with Crippen LogP contribution in [0.15, 0.2) is 6.07 Å². The largest absolute Gasteiger partial charge is 0.382 e. The summed E-state index contributed by atoms with van der Waals surface area (Å²) in [5.41, 5.74) is 10.5. The van der Waals surface area contributed by atoms with Crippen molar-refractivity contribution in [1.82, 2.24) is 10.2 Å². The van der Waals surface area contributed by atoms with E-state index >= 15 is 0 Å². The molecule has 0 atom stereocenters. The van der Waals surface area contributed by atoms with E-state index in [1.807, 2.05) is 0 Å². The van der Waals surface area contributed by atoms with Gasteiger partial charge in [0.1, 0.15) is 0 Å². The van der Waals surface area contributed by atoms with Gasteiger partial charge in [0.05, 0.1) is 5.52 Å². The maximum atomic E-state index is 5.77. The highest BCUT2D eigenvalue weighted by atomic mass is 15.2. The molecule has 0 spiro atoms. The van der Waals surface area contributed by atoms with Crippen molar-refractivity contribution in [3.63, 3.8) is 0 Å². The van der Waals surface area contributed by atoms with Crippen molar-refractivity contribution in [3.05, 3.63) is 22.8 Å². The van der Waals surface area contributed by atoms with Crippen molar-refractivity contribution in [2.45, 2.75) is 20.8 Å². The molecule has 2 aromatic rings. The molecule has 3 heteroatoms. The minimum absolute atomic E-state index is 0.597. The number of aryl methyl sites for hydroxylation is 3. The van der Waals surface area contributed by atoms with Gasteiger partial charge in [-0.25, -0.2) is 0 Å². The molecule has 1 aromatic heterocycles. The molecule has 0 amide bonds. The number of hydrogen-bond acceptors (Lipinski definition) is 2. The van der Waals surface area contributed by atoms with Crippen LogP contribution in [-0.2, 0) is 0 Å². The topological polar surface area (TPSA) is 54.7 Å². The van der Waals surface area contributed by atoms with Gasteiger partial charge in [-0.1, -0.05) is 6.07 Å². The summed E-state index contributed by atoms with van der Waals surface area (Å²) in [6, 6.07) is 2.15. The van der Waals surface area contributed by atoms with Gasteiger partial charge in [-0.3, -0.25) is 5.10 Å². The molecule has 1 aromatic carbocycles. The minimum Gasteiger partial charge on any atom is -0.382 e. The molecule has 13 heavy (non-hydrogen) atoms. The Hall–Kier alpha value is -1.51. The average molecular weight is 175 g/mol. The number of aromatic amines is 1. The lowest BCUT2D eigenvalue weighted by molar-refractivity contribution is 1.12. The Kier molecular flexibility index (Phi) is 1.55. The quantitative estimate of drug-likeness (QED) is 0.644. The predicted molar refractivity (Wildman–Crippen MR) is 54.7 cm³/mol. The molecule has 0 radical (unpaired) electrons. The first-order chi connectivity index (χ1) is 6.11. The van der Waals surface area contributed by atoms with Crippen LogP contribution in [0.5, 0.6) is 0 Å². The molecular formula is C10H13N3. The number of anilines is 1. The number of nitrogens with two attached hydrogens (primary N) is 1. The Morgan fingerprint density at radius 1 is 1.23 bits per heavy atom. The standard InChI is InChI=1S/C10H13N3/c1-5-4-6(2)9-8(7(5)3)10(11)13-12-9/h4H,1-3H3,(H3,11,12,13). The van der Waals surface area contributed by atoms with Gasteiger partial charge in [0.2, 0.25) is 0 Å². The molecule has 0 aliphatic rings. The fourth-order valence-electron chi connectivity index (χ4n) is 1.72. The van der Waals surface area contributed by atoms with Gasteiger partial charge in [-0.15, -0.1) is 0 Å². The third-order valence-corrected chi connectivity index (χ3v) is 2.59. The smallest absolute Gasteiger partial charge is 0.153 e. The van der Waals surface area contributed by atoms with Crippen LogP contribution < -0.4 is 5.73 Å². The summed E-state index contributed by atoms with van der Waals surface area (Å²) in [4.78, 5) is 0. The van der Waals surface area contributed by atoms with Crippen molar-refractivity contribution in [1.29, 1.82) is 0 Å². The molecule has 0 unspecified atom stereocenters. The Labute approximate surface area is 76.9 Å². The molecule has 3 N–H and O–H groups in total. The third kappa shape index (κ3) is 1.00. The highest BCUT2D eigenvalue weighted by Crippen LogP contribution is 2.27. The zero-order valence-corrected chi connectivity index (χ0v) is 8.10. The number of aromatic nitrogens is 2. The van der Waals surface area contributed by atoms with Crippen LogP contribution in [0.25, 0.3) is 10.9 Å². The summed E-state index contributed by atoms with van der Waals surface area (Å²) in [6.45, 7) is 6.23. The Bertz CT molecular complexity index is 468. The van der Waals surface area contributed by atoms with Crippen molar-refractivity contribution >= 4 is 16.7 Å². The van der Waals surface area contributed by atoms with E-state index in [1.54, 1.807) is 0 Å². The van der Waals surface area contributed by atoms with Gasteiger partial charge in [-0.2, -0.15) is 5.10 Å². The minimum atomic E-state index is 0.597. The zero-order chi connectivity index (χ0) is 9.59. The second kappa shape index (κ2) is 2.49. The van der Waals surface area contributed by atoms with Crippen LogP contribution in [0, 0.1) is 20.8 Å². The van der Waals surface area contributed by atoms with E-state index in [-0.39, 0.29) is 0 Å². The van der Waals surface area contributed by atoms with E-state index in [0.29, 0.717) is 5.82 Å². The van der Waals surface area contributed by atoms with Crippen LogP contribution in [0.2, 0.25) is 0 Å². The van der Waals surface area contributed by atoms with Crippen LogP contribution in [0.1, 0.15) is 16.7 Å². The molecule has 0 fully saturated rings. The van der Waals surface area contributed by atoms with Crippen LogP contribution in [0.4, 0.5) is 5.82 Å². The lowest BCUT2D eigenvalue weighted by Gasteiger charge is -2.04. The summed E-state index contributed by atoms with van der Waals surface area (Å²) >= 11 is 0. The van der Waals surface area contributed by atoms with Gasteiger partial charge in [0.15, 0.2) is 5.82 Å². The molecule has 0 saturated carbocycles. The molecule has 68 valence electrons. The van der Waals surface area contributed by atoms with E-state index in [0.717, 1.165) is 10.9 Å². The van der Waals surface area contributed by atoms with Gasteiger partial charge in [0, 0.05) is 5.39 Å². The molecule has 2 rings (SSSR count). The monoisotopic (exact) mass is 175 g/mol. The van der Waals surface area contributed by atoms with Crippen molar-refractivity contribution in [3.8, 4) is 0 Å². The van der Waals surface area contributed by atoms with Crippen molar-refractivity contribution < 1.29 is 0 Å². The van der Waals surface area contributed by atoms with Crippen molar-refractivity contribution in [2.24, 2.45) is 0 Å². The summed E-state index contributed by atoms with van der Waals surface area (Å²) in [7, 11) is 0. The number of hydrogen-bond donors (Lipinski definition) is 2. The van der Waals surface area contributed by atoms with E-state index in [9.17, 15) is 0 Å². The van der Waals surface area contributed by atoms with E-state index < -0.39 is 0 Å². The zero-order valence-electron chi connectivity index (χ0n) is 8.10. The Morgan fingerprint density at radius 3 is 2.62 bits per heavy atom. The summed E-state index contributed by atoms with van der Waals surface area (Å²) < 4.78 is 0. The second-order valence-corrected chi connectivity index (χ2v) is 3.49. The van der Waals surface area contributed by atoms with Gasteiger partial charge < -0.3 is 5.73 Å². The average Bonchev–Trinajstić information content (AvgIpc) is 2.44. The maximum Gasteiger partial charge on any atom is 0.153 e. The number of benzene rings is 1. The molecule has 0 saturated heterocycles. The highest BCUT2D eigenvalue weighted by molar-refractivity contribution is 5.94. The SMILES string of the molecule is Cc1cc(C)c2[nH]nc(N)c2c1C. The maximum absolute atomic E-state index is 5.77. The summed E-state index contributed by atoms with van der Waals surface area (Å²) in [5, 5.41) is 8.03. The van der Waals surface area contributed by atoms with Gasteiger partial charge in [-0.05, 0) is 37.5 Å². The fraction of sp³-hybridized carbons (Fsp3) is 0.300. The first kappa shape index (κ1) is 8.10. The Balaban J connectivity index is 3.00. The first-order valence-electron chi connectivity index (χ1n) is 4.31. The van der Waals surface area contributed by atoms with Gasteiger partial charge in [0.25, 0.3) is 0 Å². The number of nitrogens with zero attached hydrogens (tertiary/aromatic N) is 1. The van der Waals surface area contributed by atoms with E-state index in [1.165, 1.54) is 16.7 Å². The Morgan fingerprint density at radius 2 is 1.92 bits per heavy atom. The van der Waals surface area contributed by atoms with Crippen LogP contribution >= 0.6 is 0 Å². The van der Waals surface area contributed by atoms with Crippen LogP contribution in [0.3, 0.4) is 0 Å². The fourth-order valence-corrected chi connectivity index (χ4v) is 1.72. The third-order valence-electron chi connectivity index (χ3n) is 2.59. The van der Waals surface area contributed by atoms with Crippen molar-refractivity contribution in [2.75, 3.05) is 5.73 Å². The number of H-pyrrole nitrogens is 1. The summed E-state index contributed by atoms with van der Waals surface area (Å²) in [6.07, 6.45) is 0. The number of rotatable bonds is 0. The highest BCUT2D eigenvalue weighted by Gasteiger charge is 2.09. The predicted octanol–water partition coefficient (Wildman–Crippen LogP) is 2.07. The second-order valence-electron chi connectivity index (χ2n) is 3.49.